The molecule has 0 amide bonds. The van der Waals surface area contributed by atoms with Gasteiger partial charge in [0.1, 0.15) is 5.75 Å². The Morgan fingerprint density at radius 1 is 1.31 bits per heavy atom. The lowest BCUT2D eigenvalue weighted by Gasteiger charge is -2.01. The standard InChI is InChI=1S/C10H10ClNO/c1-6-3-7-4-10(13-2)8(11)5-9(7)12-6/h3-5,12H,1-2H3. The summed E-state index contributed by atoms with van der Waals surface area (Å²) in [6.07, 6.45) is 0. The Morgan fingerprint density at radius 2 is 2.08 bits per heavy atom. The first kappa shape index (κ1) is 8.45. The SMILES string of the molecule is COc1cc2cc(C)[nH]c2cc1Cl. The second kappa shape index (κ2) is 2.96. The molecule has 0 bridgehead atoms. The molecule has 68 valence electrons. The van der Waals surface area contributed by atoms with Crippen molar-refractivity contribution in [1.29, 1.82) is 0 Å². The molecule has 0 saturated heterocycles. The summed E-state index contributed by atoms with van der Waals surface area (Å²) in [5, 5.41) is 1.76. The molecular weight excluding hydrogens is 186 g/mol. The second-order valence-electron chi connectivity index (χ2n) is 3.03. The molecule has 0 unspecified atom stereocenters. The molecule has 2 aromatic rings. The molecule has 2 nitrogen and oxygen atoms in total. The molecule has 0 saturated carbocycles. The summed E-state index contributed by atoms with van der Waals surface area (Å²) in [7, 11) is 1.62. The van der Waals surface area contributed by atoms with E-state index in [2.05, 4.69) is 11.1 Å². The molecular formula is C10H10ClNO. The third-order valence-electron chi connectivity index (χ3n) is 2.03. The number of aromatic amines is 1. The predicted octanol–water partition coefficient (Wildman–Crippen LogP) is 3.14. The molecule has 0 aliphatic rings. The summed E-state index contributed by atoms with van der Waals surface area (Å²) in [6.45, 7) is 2.01. The molecule has 1 N–H and O–H groups in total. The van der Waals surface area contributed by atoms with Crippen molar-refractivity contribution >= 4 is 22.5 Å². The lowest BCUT2D eigenvalue weighted by molar-refractivity contribution is 0.415. The number of ether oxygens (including phenoxy) is 1. The minimum Gasteiger partial charge on any atom is -0.495 e. The first-order valence-corrected chi connectivity index (χ1v) is 4.41. The summed E-state index contributed by atoms with van der Waals surface area (Å²) < 4.78 is 5.12. The molecule has 13 heavy (non-hydrogen) atoms. The monoisotopic (exact) mass is 195 g/mol. The van der Waals surface area contributed by atoms with E-state index in [-0.39, 0.29) is 0 Å². The predicted molar refractivity (Wildman–Crippen MR) is 54.6 cm³/mol. The second-order valence-corrected chi connectivity index (χ2v) is 3.43. The van der Waals surface area contributed by atoms with Crippen molar-refractivity contribution in [3.8, 4) is 5.75 Å². The van der Waals surface area contributed by atoms with Crippen LogP contribution in [0.15, 0.2) is 18.2 Å². The highest BCUT2D eigenvalue weighted by Gasteiger charge is 2.04. The summed E-state index contributed by atoms with van der Waals surface area (Å²) in [5.74, 6) is 0.716. The summed E-state index contributed by atoms with van der Waals surface area (Å²) in [4.78, 5) is 3.21. The number of aryl methyl sites for hydroxylation is 1. The van der Waals surface area contributed by atoms with Crippen LogP contribution in [0.2, 0.25) is 5.02 Å². The van der Waals surface area contributed by atoms with Crippen molar-refractivity contribution in [2.45, 2.75) is 6.92 Å². The van der Waals surface area contributed by atoms with E-state index in [1.54, 1.807) is 7.11 Å². The zero-order chi connectivity index (χ0) is 9.42. The molecule has 3 heteroatoms. The third-order valence-corrected chi connectivity index (χ3v) is 2.32. The third kappa shape index (κ3) is 1.38. The zero-order valence-corrected chi connectivity index (χ0v) is 8.27. The van der Waals surface area contributed by atoms with Crippen molar-refractivity contribution in [2.75, 3.05) is 7.11 Å². The Kier molecular flexibility index (Phi) is 1.93. The highest BCUT2D eigenvalue weighted by atomic mass is 35.5. The summed E-state index contributed by atoms with van der Waals surface area (Å²) >= 11 is 5.97. The van der Waals surface area contributed by atoms with Crippen LogP contribution in [-0.4, -0.2) is 12.1 Å². The van der Waals surface area contributed by atoms with Crippen LogP contribution in [-0.2, 0) is 0 Å². The number of rotatable bonds is 1. The number of halogens is 1. The van der Waals surface area contributed by atoms with Gasteiger partial charge in [-0.2, -0.15) is 0 Å². The first-order chi connectivity index (χ1) is 6.20. The van der Waals surface area contributed by atoms with Crippen LogP contribution in [0.1, 0.15) is 5.69 Å². The number of H-pyrrole nitrogens is 1. The first-order valence-electron chi connectivity index (χ1n) is 4.03. The number of benzene rings is 1. The number of methoxy groups -OCH3 is 1. The lowest BCUT2D eigenvalue weighted by atomic mass is 10.2. The van der Waals surface area contributed by atoms with Crippen LogP contribution in [0.25, 0.3) is 10.9 Å². The van der Waals surface area contributed by atoms with Crippen molar-refractivity contribution in [3.63, 3.8) is 0 Å². The van der Waals surface area contributed by atoms with E-state index >= 15 is 0 Å². The van der Waals surface area contributed by atoms with Gasteiger partial charge >= 0.3 is 0 Å². The highest BCUT2D eigenvalue weighted by Crippen LogP contribution is 2.29. The van der Waals surface area contributed by atoms with Gasteiger partial charge in [0.15, 0.2) is 0 Å². The minimum atomic E-state index is 0.636. The maximum absolute atomic E-state index is 5.97. The van der Waals surface area contributed by atoms with E-state index in [0.717, 1.165) is 16.6 Å². The van der Waals surface area contributed by atoms with Crippen LogP contribution in [0.3, 0.4) is 0 Å². The molecule has 0 fully saturated rings. The molecule has 0 radical (unpaired) electrons. The minimum absolute atomic E-state index is 0.636. The summed E-state index contributed by atoms with van der Waals surface area (Å²) in [5.41, 5.74) is 2.17. The van der Waals surface area contributed by atoms with Crippen LogP contribution in [0.4, 0.5) is 0 Å². The normalized spacial score (nSPS) is 10.7. The highest BCUT2D eigenvalue weighted by molar-refractivity contribution is 6.32. The fourth-order valence-corrected chi connectivity index (χ4v) is 1.68. The van der Waals surface area contributed by atoms with Crippen LogP contribution in [0.5, 0.6) is 5.75 Å². The molecule has 0 aliphatic carbocycles. The molecule has 2 rings (SSSR count). The number of aromatic nitrogens is 1. The van der Waals surface area contributed by atoms with Crippen molar-refractivity contribution in [3.05, 3.63) is 28.9 Å². The Bertz CT molecular complexity index is 447. The Hall–Kier alpha value is -1.15. The largest absolute Gasteiger partial charge is 0.495 e. The fourth-order valence-electron chi connectivity index (χ4n) is 1.43. The van der Waals surface area contributed by atoms with Crippen molar-refractivity contribution in [2.24, 2.45) is 0 Å². The molecule has 0 atom stereocenters. The molecule has 0 aliphatic heterocycles. The Balaban J connectivity index is 2.72. The average Bonchev–Trinajstić information content (AvgIpc) is 2.42. The topological polar surface area (TPSA) is 25.0 Å². The number of nitrogens with one attached hydrogen (secondary N) is 1. The smallest absolute Gasteiger partial charge is 0.138 e. The number of hydrogen-bond donors (Lipinski definition) is 1. The molecule has 0 spiro atoms. The fraction of sp³-hybridized carbons (Fsp3) is 0.200. The van der Waals surface area contributed by atoms with Crippen LogP contribution >= 0.6 is 11.6 Å². The van der Waals surface area contributed by atoms with Gasteiger partial charge in [-0.15, -0.1) is 0 Å². The van der Waals surface area contributed by atoms with Crippen molar-refractivity contribution < 1.29 is 4.74 Å². The van der Waals surface area contributed by atoms with Gasteiger partial charge in [-0.1, -0.05) is 11.6 Å². The van der Waals surface area contributed by atoms with Gasteiger partial charge < -0.3 is 9.72 Å². The van der Waals surface area contributed by atoms with E-state index in [4.69, 9.17) is 16.3 Å². The van der Waals surface area contributed by atoms with Gasteiger partial charge in [0.2, 0.25) is 0 Å². The Labute approximate surface area is 81.5 Å². The van der Waals surface area contributed by atoms with Gasteiger partial charge in [0.25, 0.3) is 0 Å². The van der Waals surface area contributed by atoms with E-state index in [0.29, 0.717) is 10.8 Å². The maximum Gasteiger partial charge on any atom is 0.138 e. The van der Waals surface area contributed by atoms with E-state index in [1.165, 1.54) is 0 Å². The van der Waals surface area contributed by atoms with E-state index in [1.807, 2.05) is 19.1 Å². The van der Waals surface area contributed by atoms with Crippen LogP contribution < -0.4 is 4.74 Å². The van der Waals surface area contributed by atoms with Crippen LogP contribution in [0, 0.1) is 6.92 Å². The Morgan fingerprint density at radius 3 is 2.77 bits per heavy atom. The van der Waals surface area contributed by atoms with Crippen molar-refractivity contribution in [1.82, 2.24) is 4.98 Å². The molecule has 1 heterocycles. The van der Waals surface area contributed by atoms with Gasteiger partial charge in [0, 0.05) is 16.6 Å². The van der Waals surface area contributed by atoms with Gasteiger partial charge in [-0.05, 0) is 25.1 Å². The van der Waals surface area contributed by atoms with Gasteiger partial charge in [0.05, 0.1) is 12.1 Å². The average molecular weight is 196 g/mol. The number of fused-ring (bicyclic) bond motifs is 1. The van der Waals surface area contributed by atoms with E-state index in [9.17, 15) is 0 Å². The molecule has 1 aromatic carbocycles. The van der Waals surface area contributed by atoms with E-state index < -0.39 is 0 Å². The zero-order valence-electron chi connectivity index (χ0n) is 7.52. The van der Waals surface area contributed by atoms with Gasteiger partial charge in [-0.3, -0.25) is 0 Å². The summed E-state index contributed by atoms with van der Waals surface area (Å²) in [6, 6.07) is 5.87. The maximum atomic E-state index is 5.97. The number of hydrogen-bond acceptors (Lipinski definition) is 1. The quantitative estimate of drug-likeness (QED) is 0.743. The lowest BCUT2D eigenvalue weighted by Crippen LogP contribution is -1.83. The molecule has 1 aromatic heterocycles. The van der Waals surface area contributed by atoms with Gasteiger partial charge in [-0.25, -0.2) is 0 Å².